The number of hydrogen-bond acceptors (Lipinski definition) is 2. The minimum atomic E-state index is -0.0751. The molecule has 0 unspecified atom stereocenters. The lowest BCUT2D eigenvalue weighted by atomic mass is 9.67. The predicted octanol–water partition coefficient (Wildman–Crippen LogP) is 2.15. The monoisotopic (exact) mass is 264 g/mol. The Labute approximate surface area is 116 Å². The quantitative estimate of drug-likeness (QED) is 0.905. The van der Waals surface area contributed by atoms with Crippen molar-refractivity contribution in [1.82, 2.24) is 0 Å². The summed E-state index contributed by atoms with van der Waals surface area (Å²) in [7, 11) is 1.75. The number of rotatable bonds is 4. The van der Waals surface area contributed by atoms with E-state index < -0.39 is 0 Å². The first kappa shape index (κ1) is 14.4. The Balaban J connectivity index is 2.43. The SMILES string of the molecule is COc1ccccc1[C@]1(CC[NH3+])CCOC(C)(C)C1. The second-order valence-corrected chi connectivity index (χ2v) is 6.12. The van der Waals surface area contributed by atoms with Crippen molar-refractivity contribution >= 4 is 0 Å². The molecule has 19 heavy (non-hydrogen) atoms. The standard InChI is InChI=1S/C16H25NO2/c1-15(2)12-16(8-10-17,9-11-19-15)13-6-4-5-7-14(13)18-3/h4-7H,8-12,17H2,1-3H3/p+1/t16-/m1/s1. The smallest absolute Gasteiger partial charge is 0.122 e. The van der Waals surface area contributed by atoms with Gasteiger partial charge >= 0.3 is 0 Å². The van der Waals surface area contributed by atoms with Gasteiger partial charge in [0.05, 0.1) is 19.3 Å². The number of para-hydroxylation sites is 1. The van der Waals surface area contributed by atoms with E-state index in [9.17, 15) is 0 Å². The number of hydrogen-bond donors (Lipinski definition) is 1. The normalized spacial score (nSPS) is 26.1. The van der Waals surface area contributed by atoms with E-state index in [4.69, 9.17) is 9.47 Å². The Morgan fingerprint density at radius 2 is 2.05 bits per heavy atom. The summed E-state index contributed by atoms with van der Waals surface area (Å²) in [6, 6.07) is 8.40. The lowest BCUT2D eigenvalue weighted by Crippen LogP contribution is -2.55. The van der Waals surface area contributed by atoms with Crippen molar-refractivity contribution in [2.24, 2.45) is 0 Å². The molecule has 1 fully saturated rings. The number of methoxy groups -OCH3 is 1. The Kier molecular flexibility index (Phi) is 4.16. The zero-order valence-corrected chi connectivity index (χ0v) is 12.4. The Hall–Kier alpha value is -1.06. The van der Waals surface area contributed by atoms with Crippen molar-refractivity contribution in [3.63, 3.8) is 0 Å². The average Bonchev–Trinajstić information content (AvgIpc) is 2.38. The first-order valence-electron chi connectivity index (χ1n) is 7.10. The first-order valence-corrected chi connectivity index (χ1v) is 7.10. The van der Waals surface area contributed by atoms with Gasteiger partial charge in [-0.1, -0.05) is 18.2 Å². The van der Waals surface area contributed by atoms with E-state index >= 15 is 0 Å². The fourth-order valence-corrected chi connectivity index (χ4v) is 3.48. The van der Waals surface area contributed by atoms with E-state index in [1.807, 2.05) is 6.07 Å². The molecule has 106 valence electrons. The van der Waals surface area contributed by atoms with Crippen LogP contribution >= 0.6 is 0 Å². The molecule has 1 saturated heterocycles. The van der Waals surface area contributed by atoms with E-state index in [-0.39, 0.29) is 11.0 Å². The highest BCUT2D eigenvalue weighted by atomic mass is 16.5. The zero-order chi connectivity index (χ0) is 13.9. The van der Waals surface area contributed by atoms with Crippen LogP contribution in [0.15, 0.2) is 24.3 Å². The molecule has 1 atom stereocenters. The van der Waals surface area contributed by atoms with Gasteiger partial charge < -0.3 is 15.2 Å². The third kappa shape index (κ3) is 2.93. The molecule has 3 heteroatoms. The molecule has 1 heterocycles. The van der Waals surface area contributed by atoms with Crippen LogP contribution in [0.4, 0.5) is 0 Å². The van der Waals surface area contributed by atoms with Crippen LogP contribution in [-0.4, -0.2) is 25.9 Å². The minimum absolute atomic E-state index is 0.0751. The maximum Gasteiger partial charge on any atom is 0.122 e. The molecule has 0 bridgehead atoms. The molecule has 2 rings (SSSR count). The summed E-state index contributed by atoms with van der Waals surface area (Å²) < 4.78 is 11.5. The molecular weight excluding hydrogens is 238 g/mol. The molecule has 3 nitrogen and oxygen atoms in total. The molecule has 1 aliphatic rings. The fourth-order valence-electron chi connectivity index (χ4n) is 3.48. The molecule has 0 spiro atoms. The van der Waals surface area contributed by atoms with E-state index in [1.54, 1.807) is 7.11 Å². The highest BCUT2D eigenvalue weighted by Gasteiger charge is 2.43. The van der Waals surface area contributed by atoms with Gasteiger partial charge in [0.1, 0.15) is 5.75 Å². The third-order valence-corrected chi connectivity index (χ3v) is 4.17. The molecular formula is C16H26NO2+. The maximum atomic E-state index is 5.90. The van der Waals surface area contributed by atoms with Gasteiger partial charge in [0.2, 0.25) is 0 Å². The molecule has 0 aromatic heterocycles. The Morgan fingerprint density at radius 1 is 1.32 bits per heavy atom. The second kappa shape index (κ2) is 5.51. The molecule has 0 radical (unpaired) electrons. The summed E-state index contributed by atoms with van der Waals surface area (Å²) in [6.45, 7) is 6.11. The molecule has 1 aromatic carbocycles. The van der Waals surface area contributed by atoms with Crippen LogP contribution in [0.3, 0.4) is 0 Å². The van der Waals surface area contributed by atoms with E-state index in [1.165, 1.54) is 5.56 Å². The molecule has 0 aliphatic carbocycles. The number of benzene rings is 1. The van der Waals surface area contributed by atoms with Crippen molar-refractivity contribution in [1.29, 1.82) is 0 Å². The largest absolute Gasteiger partial charge is 0.496 e. The van der Waals surface area contributed by atoms with Gasteiger partial charge in [0, 0.05) is 24.0 Å². The van der Waals surface area contributed by atoms with Crippen LogP contribution in [0.1, 0.15) is 38.7 Å². The third-order valence-electron chi connectivity index (χ3n) is 4.17. The van der Waals surface area contributed by atoms with Gasteiger partial charge in [-0.15, -0.1) is 0 Å². The van der Waals surface area contributed by atoms with Gasteiger partial charge in [-0.05, 0) is 32.8 Å². The number of ether oxygens (including phenoxy) is 2. The summed E-state index contributed by atoms with van der Waals surface area (Å²) in [6.07, 6.45) is 3.16. The van der Waals surface area contributed by atoms with E-state index in [0.717, 1.165) is 38.2 Å². The van der Waals surface area contributed by atoms with Crippen molar-refractivity contribution in [3.8, 4) is 5.75 Å². The van der Waals surface area contributed by atoms with Gasteiger partial charge in [-0.25, -0.2) is 0 Å². The van der Waals surface area contributed by atoms with Gasteiger partial charge in [-0.3, -0.25) is 0 Å². The lowest BCUT2D eigenvalue weighted by Gasteiger charge is -2.45. The summed E-state index contributed by atoms with van der Waals surface area (Å²) in [4.78, 5) is 0. The van der Waals surface area contributed by atoms with Crippen LogP contribution in [0.2, 0.25) is 0 Å². The highest BCUT2D eigenvalue weighted by molar-refractivity contribution is 5.40. The summed E-state index contributed by atoms with van der Waals surface area (Å²) in [5.74, 6) is 0.994. The summed E-state index contributed by atoms with van der Waals surface area (Å²) >= 11 is 0. The van der Waals surface area contributed by atoms with Crippen LogP contribution in [0.25, 0.3) is 0 Å². The summed E-state index contributed by atoms with van der Waals surface area (Å²) in [5, 5.41) is 0. The van der Waals surface area contributed by atoms with Crippen LogP contribution in [-0.2, 0) is 10.2 Å². The van der Waals surface area contributed by atoms with Crippen LogP contribution in [0.5, 0.6) is 5.75 Å². The number of quaternary nitrogens is 1. The van der Waals surface area contributed by atoms with E-state index in [2.05, 4.69) is 37.8 Å². The van der Waals surface area contributed by atoms with Gasteiger partial charge in [0.25, 0.3) is 0 Å². The van der Waals surface area contributed by atoms with Gasteiger partial charge in [0.15, 0.2) is 0 Å². The average molecular weight is 264 g/mol. The highest BCUT2D eigenvalue weighted by Crippen LogP contribution is 2.46. The molecule has 0 saturated carbocycles. The topological polar surface area (TPSA) is 46.1 Å². The molecule has 0 amide bonds. The Bertz CT molecular complexity index is 427. The van der Waals surface area contributed by atoms with Crippen molar-refractivity contribution in [3.05, 3.63) is 29.8 Å². The van der Waals surface area contributed by atoms with Crippen LogP contribution in [0, 0.1) is 0 Å². The van der Waals surface area contributed by atoms with Gasteiger partial charge in [-0.2, -0.15) is 0 Å². The Morgan fingerprint density at radius 3 is 2.68 bits per heavy atom. The zero-order valence-electron chi connectivity index (χ0n) is 12.4. The molecule has 1 aliphatic heterocycles. The minimum Gasteiger partial charge on any atom is -0.496 e. The fraction of sp³-hybridized carbons (Fsp3) is 0.625. The van der Waals surface area contributed by atoms with Crippen LogP contribution < -0.4 is 10.5 Å². The molecule has 3 N–H and O–H groups in total. The lowest BCUT2D eigenvalue weighted by molar-refractivity contribution is -0.372. The second-order valence-electron chi connectivity index (χ2n) is 6.12. The van der Waals surface area contributed by atoms with E-state index in [0.29, 0.717) is 0 Å². The van der Waals surface area contributed by atoms with Crippen molar-refractivity contribution in [2.75, 3.05) is 20.3 Å². The molecule has 1 aromatic rings. The summed E-state index contributed by atoms with van der Waals surface area (Å²) in [5.41, 5.74) is 5.45. The predicted molar refractivity (Wildman–Crippen MR) is 76.3 cm³/mol. The maximum absolute atomic E-state index is 5.90. The first-order chi connectivity index (χ1) is 9.03. The van der Waals surface area contributed by atoms with Crippen molar-refractivity contribution < 1.29 is 15.2 Å². The van der Waals surface area contributed by atoms with Crippen molar-refractivity contribution in [2.45, 2.75) is 44.1 Å².